The SMILES string of the molecule is CCc1c(-c2ccccc2)oc2cccc(CC)c2c1=O. The quantitative estimate of drug-likeness (QED) is 0.701. The van der Waals surface area contributed by atoms with E-state index in [-0.39, 0.29) is 5.43 Å². The average Bonchev–Trinajstić information content (AvgIpc) is 2.54. The van der Waals surface area contributed by atoms with Crippen LogP contribution in [0, 0.1) is 0 Å². The highest BCUT2D eigenvalue weighted by Crippen LogP contribution is 2.27. The van der Waals surface area contributed by atoms with Crippen molar-refractivity contribution >= 4 is 11.0 Å². The van der Waals surface area contributed by atoms with Crippen molar-refractivity contribution in [3.8, 4) is 11.3 Å². The molecular weight excluding hydrogens is 260 g/mol. The zero-order valence-corrected chi connectivity index (χ0v) is 12.3. The molecule has 2 aromatic carbocycles. The zero-order valence-electron chi connectivity index (χ0n) is 12.3. The van der Waals surface area contributed by atoms with Gasteiger partial charge < -0.3 is 4.42 Å². The molecule has 2 heteroatoms. The third-order valence-corrected chi connectivity index (χ3v) is 3.87. The zero-order chi connectivity index (χ0) is 14.8. The van der Waals surface area contributed by atoms with Gasteiger partial charge in [0.05, 0.1) is 5.39 Å². The van der Waals surface area contributed by atoms with Gasteiger partial charge in [-0.2, -0.15) is 0 Å². The monoisotopic (exact) mass is 278 g/mol. The molecule has 1 heterocycles. The summed E-state index contributed by atoms with van der Waals surface area (Å²) in [6.45, 7) is 4.06. The van der Waals surface area contributed by atoms with Crippen molar-refractivity contribution in [2.75, 3.05) is 0 Å². The van der Waals surface area contributed by atoms with E-state index in [1.807, 2.05) is 55.5 Å². The van der Waals surface area contributed by atoms with Gasteiger partial charge in [-0.3, -0.25) is 4.79 Å². The van der Waals surface area contributed by atoms with E-state index in [0.29, 0.717) is 17.8 Å². The molecule has 0 saturated heterocycles. The molecule has 106 valence electrons. The molecule has 1 aromatic heterocycles. The van der Waals surface area contributed by atoms with Gasteiger partial charge in [0.1, 0.15) is 11.3 Å². The summed E-state index contributed by atoms with van der Waals surface area (Å²) in [5.74, 6) is 0.698. The summed E-state index contributed by atoms with van der Waals surface area (Å²) in [4.78, 5) is 12.9. The van der Waals surface area contributed by atoms with E-state index < -0.39 is 0 Å². The first-order valence-electron chi connectivity index (χ1n) is 7.39. The lowest BCUT2D eigenvalue weighted by molar-refractivity contribution is 0.610. The summed E-state index contributed by atoms with van der Waals surface area (Å²) in [5.41, 5.74) is 3.55. The van der Waals surface area contributed by atoms with E-state index in [1.165, 1.54) is 0 Å². The first-order chi connectivity index (χ1) is 10.3. The van der Waals surface area contributed by atoms with Crippen LogP contribution >= 0.6 is 0 Å². The van der Waals surface area contributed by atoms with Crippen LogP contribution < -0.4 is 5.43 Å². The maximum atomic E-state index is 12.9. The second-order valence-electron chi connectivity index (χ2n) is 5.10. The number of hydrogen-bond donors (Lipinski definition) is 0. The second kappa shape index (κ2) is 5.57. The van der Waals surface area contributed by atoms with E-state index in [2.05, 4.69) is 6.92 Å². The Morgan fingerprint density at radius 1 is 0.905 bits per heavy atom. The first-order valence-corrected chi connectivity index (χ1v) is 7.39. The lowest BCUT2D eigenvalue weighted by atomic mass is 10.00. The molecule has 2 nitrogen and oxygen atoms in total. The molecule has 3 rings (SSSR count). The topological polar surface area (TPSA) is 30.2 Å². The number of benzene rings is 2. The minimum absolute atomic E-state index is 0.107. The van der Waals surface area contributed by atoms with Crippen molar-refractivity contribution in [3.05, 3.63) is 69.9 Å². The van der Waals surface area contributed by atoms with Crippen LogP contribution in [-0.4, -0.2) is 0 Å². The van der Waals surface area contributed by atoms with E-state index in [0.717, 1.165) is 28.5 Å². The highest BCUT2D eigenvalue weighted by molar-refractivity contribution is 5.83. The Hall–Kier alpha value is -2.35. The van der Waals surface area contributed by atoms with Gasteiger partial charge in [-0.05, 0) is 24.5 Å². The molecule has 0 atom stereocenters. The van der Waals surface area contributed by atoms with Gasteiger partial charge in [-0.25, -0.2) is 0 Å². The van der Waals surface area contributed by atoms with Crippen LogP contribution in [0.4, 0.5) is 0 Å². The maximum absolute atomic E-state index is 12.9. The molecule has 0 aliphatic carbocycles. The molecular formula is C19H18O2. The summed E-state index contributed by atoms with van der Waals surface area (Å²) >= 11 is 0. The number of hydrogen-bond acceptors (Lipinski definition) is 2. The van der Waals surface area contributed by atoms with Gasteiger partial charge in [0, 0.05) is 11.1 Å². The molecule has 0 N–H and O–H groups in total. The lowest BCUT2D eigenvalue weighted by Gasteiger charge is -2.10. The van der Waals surface area contributed by atoms with Crippen LogP contribution in [0.25, 0.3) is 22.3 Å². The van der Waals surface area contributed by atoms with Crippen LogP contribution in [0.5, 0.6) is 0 Å². The Kier molecular flexibility index (Phi) is 3.61. The molecule has 0 fully saturated rings. The fraction of sp³-hybridized carbons (Fsp3) is 0.211. The van der Waals surface area contributed by atoms with Gasteiger partial charge in [-0.15, -0.1) is 0 Å². The Morgan fingerprint density at radius 2 is 1.67 bits per heavy atom. The third kappa shape index (κ3) is 2.27. The molecule has 0 aliphatic rings. The second-order valence-corrected chi connectivity index (χ2v) is 5.10. The van der Waals surface area contributed by atoms with Crippen LogP contribution in [0.15, 0.2) is 57.7 Å². The fourth-order valence-electron chi connectivity index (χ4n) is 2.78. The number of aryl methyl sites for hydroxylation is 1. The highest BCUT2D eigenvalue weighted by Gasteiger charge is 2.16. The van der Waals surface area contributed by atoms with Crippen molar-refractivity contribution in [1.82, 2.24) is 0 Å². The smallest absolute Gasteiger partial charge is 0.196 e. The molecule has 3 aromatic rings. The molecule has 0 spiro atoms. The molecule has 0 bridgehead atoms. The van der Waals surface area contributed by atoms with Crippen molar-refractivity contribution in [1.29, 1.82) is 0 Å². The summed E-state index contributed by atoms with van der Waals surface area (Å²) < 4.78 is 6.09. The van der Waals surface area contributed by atoms with Crippen molar-refractivity contribution < 1.29 is 4.42 Å². The normalized spacial score (nSPS) is 11.0. The molecule has 0 radical (unpaired) electrons. The summed E-state index contributed by atoms with van der Waals surface area (Å²) in [7, 11) is 0. The minimum atomic E-state index is 0.107. The lowest BCUT2D eigenvalue weighted by Crippen LogP contribution is -2.12. The van der Waals surface area contributed by atoms with E-state index >= 15 is 0 Å². The predicted molar refractivity (Wildman–Crippen MR) is 86.7 cm³/mol. The molecule has 0 amide bonds. The van der Waals surface area contributed by atoms with Gasteiger partial charge in [0.2, 0.25) is 0 Å². The van der Waals surface area contributed by atoms with Gasteiger partial charge >= 0.3 is 0 Å². The predicted octanol–water partition coefficient (Wildman–Crippen LogP) is 4.58. The Bertz CT molecular complexity index is 829. The van der Waals surface area contributed by atoms with Crippen molar-refractivity contribution in [2.24, 2.45) is 0 Å². The van der Waals surface area contributed by atoms with Crippen LogP contribution in [-0.2, 0) is 12.8 Å². The van der Waals surface area contributed by atoms with E-state index in [1.54, 1.807) is 0 Å². The third-order valence-electron chi connectivity index (χ3n) is 3.87. The molecule has 0 saturated carbocycles. The van der Waals surface area contributed by atoms with Crippen LogP contribution in [0.3, 0.4) is 0 Å². The standard InChI is InChI=1S/C19H18O2/c1-3-13-11-8-12-16-17(13)18(20)15(4-2)19(21-16)14-9-6-5-7-10-14/h5-12H,3-4H2,1-2H3. The van der Waals surface area contributed by atoms with Gasteiger partial charge in [-0.1, -0.05) is 56.3 Å². The van der Waals surface area contributed by atoms with Crippen molar-refractivity contribution in [3.63, 3.8) is 0 Å². The first kappa shape index (κ1) is 13.6. The minimum Gasteiger partial charge on any atom is -0.456 e. The summed E-state index contributed by atoms with van der Waals surface area (Å²) in [5, 5.41) is 0.733. The highest BCUT2D eigenvalue weighted by atomic mass is 16.3. The van der Waals surface area contributed by atoms with Gasteiger partial charge in [0.15, 0.2) is 5.43 Å². The largest absolute Gasteiger partial charge is 0.456 e. The Balaban J connectivity index is 2.40. The van der Waals surface area contributed by atoms with E-state index in [4.69, 9.17) is 4.42 Å². The molecule has 0 unspecified atom stereocenters. The maximum Gasteiger partial charge on any atom is 0.196 e. The van der Waals surface area contributed by atoms with E-state index in [9.17, 15) is 4.79 Å². The molecule has 0 aliphatic heterocycles. The Morgan fingerprint density at radius 3 is 2.33 bits per heavy atom. The number of fused-ring (bicyclic) bond motifs is 1. The Labute approximate surface area is 124 Å². The average molecular weight is 278 g/mol. The fourth-order valence-corrected chi connectivity index (χ4v) is 2.78. The number of rotatable bonds is 3. The van der Waals surface area contributed by atoms with Gasteiger partial charge in [0.25, 0.3) is 0 Å². The summed E-state index contributed by atoms with van der Waals surface area (Å²) in [6, 6.07) is 15.7. The van der Waals surface area contributed by atoms with Crippen LogP contribution in [0.1, 0.15) is 25.0 Å². The summed E-state index contributed by atoms with van der Waals surface area (Å²) in [6.07, 6.45) is 1.50. The van der Waals surface area contributed by atoms with Crippen molar-refractivity contribution in [2.45, 2.75) is 26.7 Å². The molecule has 21 heavy (non-hydrogen) atoms. The van der Waals surface area contributed by atoms with Crippen LogP contribution in [0.2, 0.25) is 0 Å².